The Morgan fingerprint density at radius 3 is 2.95 bits per heavy atom. The maximum absolute atomic E-state index is 12.8. The number of hydrogen-bond donors (Lipinski definition) is 0. The van der Waals surface area contributed by atoms with Crippen LogP contribution in [-0.4, -0.2) is 43.6 Å². The number of amides is 1. The second kappa shape index (κ2) is 6.25. The summed E-state index contributed by atoms with van der Waals surface area (Å²) in [4.78, 5) is 23.2. The van der Waals surface area contributed by atoms with Gasteiger partial charge in [-0.3, -0.25) is 19.4 Å². The van der Waals surface area contributed by atoms with Gasteiger partial charge in [0.05, 0.1) is 17.0 Å². The average molecular weight is 299 g/mol. The monoisotopic (exact) mass is 299 g/mol. The smallest absolute Gasteiger partial charge is 0.257 e. The van der Waals surface area contributed by atoms with Crippen LogP contribution in [0.15, 0.2) is 24.8 Å². The quantitative estimate of drug-likeness (QED) is 0.870. The van der Waals surface area contributed by atoms with E-state index >= 15 is 0 Å². The molecule has 1 unspecified atom stereocenters. The Labute approximate surface area is 130 Å². The molecule has 1 saturated heterocycles. The van der Waals surface area contributed by atoms with E-state index in [1.165, 1.54) is 0 Å². The SMILES string of the molecule is CCn1cc(C(=O)N2CCCC(c3cnccn3)C2)c(C)n1. The Bertz CT molecular complexity index is 652. The van der Waals surface area contributed by atoms with Gasteiger partial charge in [0.2, 0.25) is 0 Å². The van der Waals surface area contributed by atoms with Gasteiger partial charge in [-0.05, 0) is 26.7 Å². The molecule has 0 bridgehead atoms. The molecule has 1 amide bonds. The molecule has 0 aliphatic carbocycles. The van der Waals surface area contributed by atoms with Crippen LogP contribution in [0.2, 0.25) is 0 Å². The first-order valence-corrected chi connectivity index (χ1v) is 7.78. The Hall–Kier alpha value is -2.24. The van der Waals surface area contributed by atoms with E-state index in [1.807, 2.05) is 29.6 Å². The van der Waals surface area contributed by atoms with Crippen LogP contribution < -0.4 is 0 Å². The van der Waals surface area contributed by atoms with E-state index in [0.717, 1.165) is 37.3 Å². The second-order valence-electron chi connectivity index (χ2n) is 5.70. The van der Waals surface area contributed by atoms with E-state index in [4.69, 9.17) is 0 Å². The lowest BCUT2D eigenvalue weighted by Gasteiger charge is -2.32. The zero-order valence-corrected chi connectivity index (χ0v) is 13.1. The molecule has 0 N–H and O–H groups in total. The van der Waals surface area contributed by atoms with Crippen molar-refractivity contribution in [2.75, 3.05) is 13.1 Å². The van der Waals surface area contributed by atoms with Gasteiger partial charge >= 0.3 is 0 Å². The summed E-state index contributed by atoms with van der Waals surface area (Å²) in [5, 5.41) is 4.37. The van der Waals surface area contributed by atoms with E-state index in [9.17, 15) is 4.79 Å². The van der Waals surface area contributed by atoms with Crippen LogP contribution in [0.5, 0.6) is 0 Å². The topological polar surface area (TPSA) is 63.9 Å². The predicted octanol–water partition coefficient (Wildman–Crippen LogP) is 2.02. The molecule has 2 aromatic heterocycles. The molecule has 1 aliphatic heterocycles. The molecule has 0 saturated carbocycles. The molecule has 0 spiro atoms. The second-order valence-corrected chi connectivity index (χ2v) is 5.70. The normalized spacial score (nSPS) is 18.5. The molecule has 2 aromatic rings. The third-order valence-corrected chi connectivity index (χ3v) is 4.21. The van der Waals surface area contributed by atoms with Crippen molar-refractivity contribution in [2.24, 2.45) is 0 Å². The van der Waals surface area contributed by atoms with Crippen molar-refractivity contribution < 1.29 is 4.79 Å². The van der Waals surface area contributed by atoms with Gasteiger partial charge in [-0.1, -0.05) is 0 Å². The fourth-order valence-corrected chi connectivity index (χ4v) is 2.98. The van der Waals surface area contributed by atoms with Gasteiger partial charge in [-0.15, -0.1) is 0 Å². The summed E-state index contributed by atoms with van der Waals surface area (Å²) in [6.07, 6.45) is 9.09. The van der Waals surface area contributed by atoms with Crippen LogP contribution in [0, 0.1) is 6.92 Å². The number of aryl methyl sites for hydroxylation is 2. The summed E-state index contributed by atoms with van der Waals surface area (Å²) in [6.45, 7) is 6.19. The minimum atomic E-state index is 0.0748. The highest BCUT2D eigenvalue weighted by molar-refractivity contribution is 5.95. The summed E-state index contributed by atoms with van der Waals surface area (Å²) >= 11 is 0. The average Bonchev–Trinajstić information content (AvgIpc) is 2.96. The first kappa shape index (κ1) is 14.7. The lowest BCUT2D eigenvalue weighted by molar-refractivity contribution is 0.0705. The fourth-order valence-electron chi connectivity index (χ4n) is 2.98. The number of carbonyl (C=O) groups excluding carboxylic acids is 1. The molecule has 6 nitrogen and oxygen atoms in total. The molecule has 6 heteroatoms. The Morgan fingerprint density at radius 1 is 1.41 bits per heavy atom. The highest BCUT2D eigenvalue weighted by Gasteiger charge is 2.27. The standard InChI is InChI=1S/C16H21N5O/c1-3-21-11-14(12(2)19-21)16(22)20-8-4-5-13(10-20)15-9-17-6-7-18-15/h6-7,9,11,13H,3-5,8,10H2,1-2H3. The van der Waals surface area contributed by atoms with E-state index in [1.54, 1.807) is 18.6 Å². The van der Waals surface area contributed by atoms with E-state index in [2.05, 4.69) is 15.1 Å². The third-order valence-electron chi connectivity index (χ3n) is 4.21. The van der Waals surface area contributed by atoms with Gasteiger partial charge < -0.3 is 4.90 Å². The minimum absolute atomic E-state index is 0.0748. The molecule has 1 atom stereocenters. The number of nitrogens with zero attached hydrogens (tertiary/aromatic N) is 5. The molecule has 1 fully saturated rings. The van der Waals surface area contributed by atoms with Crippen LogP contribution in [-0.2, 0) is 6.54 Å². The van der Waals surface area contributed by atoms with Crippen LogP contribution in [0.4, 0.5) is 0 Å². The maximum atomic E-state index is 12.8. The third kappa shape index (κ3) is 2.86. The van der Waals surface area contributed by atoms with Gasteiger partial charge in [-0.2, -0.15) is 5.10 Å². The Morgan fingerprint density at radius 2 is 2.27 bits per heavy atom. The Kier molecular flexibility index (Phi) is 4.18. The summed E-state index contributed by atoms with van der Waals surface area (Å²) < 4.78 is 1.81. The van der Waals surface area contributed by atoms with Crippen molar-refractivity contribution >= 4 is 5.91 Å². The molecule has 3 rings (SSSR count). The molecule has 0 radical (unpaired) electrons. The number of aromatic nitrogens is 4. The van der Waals surface area contributed by atoms with Crippen molar-refractivity contribution in [2.45, 2.75) is 39.2 Å². The van der Waals surface area contributed by atoms with Gasteiger partial charge in [0.25, 0.3) is 5.91 Å². The van der Waals surface area contributed by atoms with E-state index < -0.39 is 0 Å². The minimum Gasteiger partial charge on any atom is -0.338 e. The summed E-state index contributed by atoms with van der Waals surface area (Å²) in [5.74, 6) is 0.346. The van der Waals surface area contributed by atoms with Crippen LogP contribution in [0.1, 0.15) is 47.4 Å². The number of likely N-dealkylation sites (tertiary alicyclic amines) is 1. The number of rotatable bonds is 3. The lowest BCUT2D eigenvalue weighted by Crippen LogP contribution is -2.39. The molecule has 0 aromatic carbocycles. The molecular weight excluding hydrogens is 278 g/mol. The molecular formula is C16H21N5O. The number of hydrogen-bond acceptors (Lipinski definition) is 4. The van der Waals surface area contributed by atoms with Crippen molar-refractivity contribution in [3.05, 3.63) is 41.7 Å². The largest absolute Gasteiger partial charge is 0.338 e. The van der Waals surface area contributed by atoms with Crippen LogP contribution in [0.25, 0.3) is 0 Å². The molecule has 116 valence electrons. The molecule has 1 aliphatic rings. The zero-order valence-electron chi connectivity index (χ0n) is 13.1. The van der Waals surface area contributed by atoms with Gasteiger partial charge in [0, 0.05) is 50.3 Å². The zero-order chi connectivity index (χ0) is 15.5. The van der Waals surface area contributed by atoms with Gasteiger partial charge in [-0.25, -0.2) is 0 Å². The Balaban J connectivity index is 1.76. The van der Waals surface area contributed by atoms with Crippen molar-refractivity contribution in [1.29, 1.82) is 0 Å². The number of piperidine rings is 1. The highest BCUT2D eigenvalue weighted by Crippen LogP contribution is 2.26. The van der Waals surface area contributed by atoms with Crippen molar-refractivity contribution in [1.82, 2.24) is 24.6 Å². The first-order chi connectivity index (χ1) is 10.7. The molecule has 22 heavy (non-hydrogen) atoms. The van der Waals surface area contributed by atoms with Gasteiger partial charge in [0.15, 0.2) is 0 Å². The fraction of sp³-hybridized carbons (Fsp3) is 0.500. The summed E-state index contributed by atoms with van der Waals surface area (Å²) in [6, 6.07) is 0. The van der Waals surface area contributed by atoms with Crippen molar-refractivity contribution in [3.63, 3.8) is 0 Å². The van der Waals surface area contributed by atoms with Crippen LogP contribution >= 0.6 is 0 Å². The first-order valence-electron chi connectivity index (χ1n) is 7.78. The summed E-state index contributed by atoms with van der Waals surface area (Å²) in [7, 11) is 0. The summed E-state index contributed by atoms with van der Waals surface area (Å²) in [5.41, 5.74) is 2.48. The predicted molar refractivity (Wildman–Crippen MR) is 82.5 cm³/mol. The maximum Gasteiger partial charge on any atom is 0.257 e. The highest BCUT2D eigenvalue weighted by atomic mass is 16.2. The van der Waals surface area contributed by atoms with E-state index in [0.29, 0.717) is 12.1 Å². The van der Waals surface area contributed by atoms with Gasteiger partial charge in [0.1, 0.15) is 0 Å². The lowest BCUT2D eigenvalue weighted by atomic mass is 9.94. The van der Waals surface area contributed by atoms with Crippen LogP contribution in [0.3, 0.4) is 0 Å². The number of carbonyl (C=O) groups is 1. The molecule has 3 heterocycles. The van der Waals surface area contributed by atoms with E-state index in [-0.39, 0.29) is 11.8 Å². The van der Waals surface area contributed by atoms with Crippen molar-refractivity contribution in [3.8, 4) is 0 Å².